The lowest BCUT2D eigenvalue weighted by atomic mass is 10.0. The van der Waals surface area contributed by atoms with Crippen LogP contribution in [0.1, 0.15) is 17.0 Å². The molecule has 18 heavy (non-hydrogen) atoms. The van der Waals surface area contributed by atoms with Crippen molar-refractivity contribution in [1.82, 2.24) is 0 Å². The minimum atomic E-state index is -3.41. The van der Waals surface area contributed by atoms with Crippen molar-refractivity contribution in [3.63, 3.8) is 0 Å². The highest BCUT2D eigenvalue weighted by Gasteiger charge is 2.72. The number of benzene rings is 1. The van der Waals surface area contributed by atoms with E-state index in [0.717, 1.165) is 17.4 Å². The molecule has 1 aromatic carbocycles. The van der Waals surface area contributed by atoms with Gasteiger partial charge in [0.1, 0.15) is 5.25 Å². The summed E-state index contributed by atoms with van der Waals surface area (Å²) in [7, 11) is -3.41. The van der Waals surface area contributed by atoms with Crippen LogP contribution in [0.5, 0.6) is 0 Å². The van der Waals surface area contributed by atoms with E-state index in [1.54, 1.807) is 12.1 Å². The Kier molecular flexibility index (Phi) is 2.68. The van der Waals surface area contributed by atoms with Crippen LogP contribution < -0.4 is 0 Å². The van der Waals surface area contributed by atoms with Crippen LogP contribution in [0.25, 0.3) is 0 Å². The molecule has 0 amide bonds. The second-order valence-corrected chi connectivity index (χ2v) is 6.90. The molecule has 1 saturated carbocycles. The predicted octanol–water partition coefficient (Wildman–Crippen LogP) is 1.54. The van der Waals surface area contributed by atoms with E-state index in [9.17, 15) is 8.42 Å². The monoisotopic (exact) mass is 260 g/mol. The Bertz CT molecular complexity index is 648. The second-order valence-electron chi connectivity index (χ2n) is 4.73. The van der Waals surface area contributed by atoms with Crippen LogP contribution in [0.2, 0.25) is 0 Å². The van der Waals surface area contributed by atoms with Gasteiger partial charge >= 0.3 is 0 Å². The Morgan fingerprint density at radius 2 is 1.67 bits per heavy atom. The zero-order valence-electron chi connectivity index (χ0n) is 10.1. The summed E-state index contributed by atoms with van der Waals surface area (Å²) in [5.74, 6) is -0.539. The van der Waals surface area contributed by atoms with Gasteiger partial charge in [0.15, 0.2) is 15.3 Å². The quantitative estimate of drug-likeness (QED) is 0.807. The lowest BCUT2D eigenvalue weighted by Gasteiger charge is -2.00. The second kappa shape index (κ2) is 3.83. The van der Waals surface area contributed by atoms with E-state index < -0.39 is 26.4 Å². The average Bonchev–Trinajstić information content (AvgIpc) is 3.00. The molecule has 1 aromatic rings. The maximum Gasteiger partial charge on any atom is 0.169 e. The minimum absolute atomic E-state index is 0.539. The summed E-state index contributed by atoms with van der Waals surface area (Å²) in [4.78, 5) is 0. The fraction of sp³-hybridized carbons (Fsp3) is 0.385. The molecule has 0 heterocycles. The van der Waals surface area contributed by atoms with Gasteiger partial charge < -0.3 is 0 Å². The van der Waals surface area contributed by atoms with E-state index >= 15 is 0 Å². The Hall–Kier alpha value is -1.85. The van der Waals surface area contributed by atoms with Crippen molar-refractivity contribution in [3.05, 3.63) is 35.4 Å². The highest BCUT2D eigenvalue weighted by Crippen LogP contribution is 2.62. The fourth-order valence-corrected chi connectivity index (χ4v) is 4.16. The van der Waals surface area contributed by atoms with Crippen LogP contribution in [-0.4, -0.2) is 19.9 Å². The Balaban J connectivity index is 2.50. The molecule has 0 radical (unpaired) electrons. The van der Waals surface area contributed by atoms with Gasteiger partial charge in [0.25, 0.3) is 0 Å². The molecule has 2 rings (SSSR count). The molecule has 0 bridgehead atoms. The van der Waals surface area contributed by atoms with Gasteiger partial charge in [-0.1, -0.05) is 29.8 Å². The van der Waals surface area contributed by atoms with E-state index in [1.807, 2.05) is 31.2 Å². The molecule has 4 nitrogen and oxygen atoms in total. The number of nitrogens with zero attached hydrogens (tertiary/aromatic N) is 2. The third-order valence-electron chi connectivity index (χ3n) is 3.40. The predicted molar refractivity (Wildman–Crippen MR) is 66.2 cm³/mol. The molecular weight excluding hydrogens is 248 g/mol. The van der Waals surface area contributed by atoms with Gasteiger partial charge in [-0.25, -0.2) is 8.42 Å². The first-order chi connectivity index (χ1) is 8.36. The number of hydrogen-bond donors (Lipinski definition) is 0. The first kappa shape index (κ1) is 12.6. The lowest BCUT2D eigenvalue weighted by Crippen LogP contribution is -2.11. The Labute approximate surface area is 106 Å². The molecule has 0 aliphatic heterocycles. The molecule has 92 valence electrons. The van der Waals surface area contributed by atoms with Crippen LogP contribution in [0, 0.1) is 35.0 Å². The standard InChI is InChI=1S/C13H12N2O2S/c1-9-3-5-10(6-4-9)11-12(18(2,16)17)13(11,7-14)8-15/h3-6,11-12H,1-2H3/t11-,12-/m1/s1. The van der Waals surface area contributed by atoms with E-state index in [0.29, 0.717) is 0 Å². The molecule has 1 aliphatic carbocycles. The number of hydrogen-bond acceptors (Lipinski definition) is 4. The zero-order valence-corrected chi connectivity index (χ0v) is 10.9. The Morgan fingerprint density at radius 1 is 1.17 bits per heavy atom. The van der Waals surface area contributed by atoms with E-state index in [-0.39, 0.29) is 0 Å². The molecule has 0 N–H and O–H groups in total. The smallest absolute Gasteiger partial charge is 0.169 e. The largest absolute Gasteiger partial charge is 0.229 e. The molecule has 1 fully saturated rings. The summed E-state index contributed by atoms with van der Waals surface area (Å²) < 4.78 is 23.4. The number of nitriles is 2. The number of sulfone groups is 1. The summed E-state index contributed by atoms with van der Waals surface area (Å²) in [5.41, 5.74) is 0.358. The molecule has 0 spiro atoms. The Morgan fingerprint density at radius 3 is 2.00 bits per heavy atom. The summed E-state index contributed by atoms with van der Waals surface area (Å²) in [6, 6.07) is 11.0. The van der Waals surface area contributed by atoms with Gasteiger partial charge in [-0.05, 0) is 12.5 Å². The molecular formula is C13H12N2O2S. The first-order valence-electron chi connectivity index (χ1n) is 5.45. The maximum atomic E-state index is 11.7. The summed E-state index contributed by atoms with van der Waals surface area (Å²) >= 11 is 0. The van der Waals surface area contributed by atoms with Crippen molar-refractivity contribution in [2.24, 2.45) is 5.41 Å². The van der Waals surface area contributed by atoms with Crippen LogP contribution in [-0.2, 0) is 9.84 Å². The topological polar surface area (TPSA) is 81.7 Å². The van der Waals surface area contributed by atoms with Gasteiger partial charge in [0.05, 0.1) is 12.1 Å². The highest BCUT2D eigenvalue weighted by molar-refractivity contribution is 7.91. The van der Waals surface area contributed by atoms with Gasteiger partial charge in [0, 0.05) is 12.2 Å². The molecule has 0 unspecified atom stereocenters. The van der Waals surface area contributed by atoms with Gasteiger partial charge in [0.2, 0.25) is 0 Å². The minimum Gasteiger partial charge on any atom is -0.229 e. The summed E-state index contributed by atoms with van der Waals surface area (Å²) in [6.45, 7) is 1.92. The number of aryl methyl sites for hydroxylation is 1. The summed E-state index contributed by atoms with van der Waals surface area (Å²) in [5, 5.41) is 17.4. The fourth-order valence-electron chi connectivity index (χ4n) is 2.44. The molecule has 0 saturated heterocycles. The van der Waals surface area contributed by atoms with Gasteiger partial charge in [-0.2, -0.15) is 10.5 Å². The van der Waals surface area contributed by atoms with Gasteiger partial charge in [-0.15, -0.1) is 0 Å². The summed E-state index contributed by atoms with van der Waals surface area (Å²) in [6.07, 6.45) is 1.08. The molecule has 5 heteroatoms. The SMILES string of the molecule is Cc1ccc([C@@H]2[C@@H](S(C)(=O)=O)C2(C#N)C#N)cc1. The van der Waals surface area contributed by atoms with E-state index in [1.165, 1.54) is 0 Å². The zero-order chi connectivity index (χ0) is 13.6. The van der Waals surface area contributed by atoms with E-state index in [4.69, 9.17) is 10.5 Å². The third-order valence-corrected chi connectivity index (χ3v) is 4.97. The van der Waals surface area contributed by atoms with Crippen molar-refractivity contribution in [2.75, 3.05) is 6.26 Å². The van der Waals surface area contributed by atoms with Crippen LogP contribution >= 0.6 is 0 Å². The molecule has 0 aromatic heterocycles. The van der Waals surface area contributed by atoms with Crippen LogP contribution in [0.15, 0.2) is 24.3 Å². The van der Waals surface area contributed by atoms with Crippen LogP contribution in [0.4, 0.5) is 0 Å². The highest BCUT2D eigenvalue weighted by atomic mass is 32.2. The van der Waals surface area contributed by atoms with Crippen molar-refractivity contribution < 1.29 is 8.42 Å². The van der Waals surface area contributed by atoms with Crippen molar-refractivity contribution in [3.8, 4) is 12.1 Å². The third kappa shape index (κ3) is 1.68. The average molecular weight is 260 g/mol. The van der Waals surface area contributed by atoms with Gasteiger partial charge in [-0.3, -0.25) is 0 Å². The van der Waals surface area contributed by atoms with Crippen LogP contribution in [0.3, 0.4) is 0 Å². The van der Waals surface area contributed by atoms with Crippen molar-refractivity contribution in [2.45, 2.75) is 18.1 Å². The van der Waals surface area contributed by atoms with E-state index in [2.05, 4.69) is 0 Å². The molecule has 1 aliphatic rings. The van der Waals surface area contributed by atoms with Crippen molar-refractivity contribution in [1.29, 1.82) is 10.5 Å². The first-order valence-corrected chi connectivity index (χ1v) is 7.40. The van der Waals surface area contributed by atoms with Crippen molar-refractivity contribution >= 4 is 9.84 Å². The normalized spacial score (nSPS) is 24.9. The molecule has 2 atom stereocenters. The number of rotatable bonds is 2. The maximum absolute atomic E-state index is 11.7. The lowest BCUT2D eigenvalue weighted by molar-refractivity contribution is 0.597.